The molecular weight excluding hydrogens is 190 g/mol. The van der Waals surface area contributed by atoms with Crippen molar-refractivity contribution >= 4 is 15.9 Å². The van der Waals surface area contributed by atoms with Gasteiger partial charge in [0.25, 0.3) is 0 Å². The van der Waals surface area contributed by atoms with Crippen LogP contribution in [0.2, 0.25) is 0 Å². The van der Waals surface area contributed by atoms with Crippen molar-refractivity contribution in [2.75, 3.05) is 0 Å². The molecule has 0 aromatic rings. The highest BCUT2D eigenvalue weighted by Crippen LogP contribution is 2.21. The van der Waals surface area contributed by atoms with Gasteiger partial charge in [-0.05, 0) is 12.2 Å². The van der Waals surface area contributed by atoms with E-state index in [-0.39, 0.29) is 0 Å². The van der Waals surface area contributed by atoms with Gasteiger partial charge in [0.2, 0.25) is 0 Å². The molecular formula is C8H6BrN. The van der Waals surface area contributed by atoms with Gasteiger partial charge in [0.15, 0.2) is 0 Å². The van der Waals surface area contributed by atoms with Crippen LogP contribution < -0.4 is 5.32 Å². The van der Waals surface area contributed by atoms with Crippen LogP contribution in [0.5, 0.6) is 0 Å². The molecule has 1 aliphatic carbocycles. The Hall–Kier alpha value is -0.720. The van der Waals surface area contributed by atoms with Crippen LogP contribution >= 0.6 is 15.9 Å². The fraction of sp³-hybridized carbons (Fsp3) is 0.125. The van der Waals surface area contributed by atoms with Gasteiger partial charge in [0.1, 0.15) is 0 Å². The second kappa shape index (κ2) is 2.15. The van der Waals surface area contributed by atoms with E-state index in [0.717, 1.165) is 4.48 Å². The van der Waals surface area contributed by atoms with E-state index in [9.17, 15) is 0 Å². The van der Waals surface area contributed by atoms with Crippen LogP contribution in [0.1, 0.15) is 0 Å². The molecule has 0 aromatic heterocycles. The van der Waals surface area contributed by atoms with Crippen molar-refractivity contribution in [1.82, 2.24) is 5.32 Å². The number of hydrogen-bond donors (Lipinski definition) is 1. The Morgan fingerprint density at radius 2 is 2.50 bits per heavy atom. The summed E-state index contributed by atoms with van der Waals surface area (Å²) in [5, 5.41) is 3.15. The summed E-state index contributed by atoms with van der Waals surface area (Å²) < 4.78 is 1.11. The predicted octanol–water partition coefficient (Wildman–Crippen LogP) is 1.85. The molecule has 0 aromatic carbocycles. The van der Waals surface area contributed by atoms with Gasteiger partial charge < -0.3 is 5.32 Å². The highest BCUT2D eigenvalue weighted by Gasteiger charge is 2.13. The summed E-state index contributed by atoms with van der Waals surface area (Å²) in [4.78, 5) is 0. The average Bonchev–Trinajstić information content (AvgIpc) is 2.33. The van der Waals surface area contributed by atoms with Crippen LogP contribution in [0.25, 0.3) is 0 Å². The molecule has 1 heterocycles. The van der Waals surface area contributed by atoms with E-state index in [1.54, 1.807) is 0 Å². The Balaban J connectivity index is 2.41. The first-order valence-corrected chi connectivity index (χ1v) is 3.92. The Morgan fingerprint density at radius 3 is 3.40 bits per heavy atom. The molecule has 0 saturated heterocycles. The SMILES string of the molecule is BrC1=CC2=C=CNC2C=C1. The van der Waals surface area contributed by atoms with Crippen molar-refractivity contribution in [2.24, 2.45) is 0 Å². The first-order chi connectivity index (χ1) is 4.86. The minimum atomic E-state index is 0.362. The molecule has 0 fully saturated rings. The van der Waals surface area contributed by atoms with E-state index in [2.05, 4.69) is 39.1 Å². The zero-order valence-corrected chi connectivity index (χ0v) is 6.85. The van der Waals surface area contributed by atoms with Gasteiger partial charge in [0.05, 0.1) is 6.04 Å². The van der Waals surface area contributed by atoms with Crippen LogP contribution in [0, 0.1) is 0 Å². The van der Waals surface area contributed by atoms with Gasteiger partial charge in [-0.1, -0.05) is 27.7 Å². The zero-order chi connectivity index (χ0) is 6.97. The molecule has 1 unspecified atom stereocenters. The number of rotatable bonds is 0. The molecule has 1 N–H and O–H groups in total. The lowest BCUT2D eigenvalue weighted by atomic mass is 10.1. The summed E-state index contributed by atoms with van der Waals surface area (Å²) in [6.45, 7) is 0. The van der Waals surface area contributed by atoms with Crippen molar-refractivity contribution in [1.29, 1.82) is 0 Å². The third kappa shape index (κ3) is 0.859. The van der Waals surface area contributed by atoms with Gasteiger partial charge in [-0.3, -0.25) is 0 Å². The zero-order valence-electron chi connectivity index (χ0n) is 5.26. The summed E-state index contributed by atoms with van der Waals surface area (Å²) in [5.41, 5.74) is 4.31. The number of nitrogens with one attached hydrogen (secondary N) is 1. The van der Waals surface area contributed by atoms with Crippen molar-refractivity contribution in [3.63, 3.8) is 0 Å². The lowest BCUT2D eigenvalue weighted by molar-refractivity contribution is 0.835. The summed E-state index contributed by atoms with van der Waals surface area (Å²) in [6, 6.07) is 0.362. The van der Waals surface area contributed by atoms with Crippen LogP contribution in [-0.2, 0) is 0 Å². The summed E-state index contributed by atoms with van der Waals surface area (Å²) >= 11 is 3.40. The van der Waals surface area contributed by atoms with Crippen LogP contribution in [0.4, 0.5) is 0 Å². The third-order valence-corrected chi connectivity index (χ3v) is 2.07. The van der Waals surface area contributed by atoms with E-state index < -0.39 is 0 Å². The van der Waals surface area contributed by atoms with Crippen LogP contribution in [-0.4, -0.2) is 6.04 Å². The van der Waals surface area contributed by atoms with E-state index in [4.69, 9.17) is 0 Å². The molecule has 0 bridgehead atoms. The van der Waals surface area contributed by atoms with Crippen molar-refractivity contribution in [2.45, 2.75) is 6.04 Å². The molecule has 2 rings (SSSR count). The molecule has 0 amide bonds. The van der Waals surface area contributed by atoms with E-state index in [1.807, 2.05) is 12.3 Å². The highest BCUT2D eigenvalue weighted by atomic mass is 79.9. The monoisotopic (exact) mass is 195 g/mol. The third-order valence-electron chi connectivity index (χ3n) is 1.58. The lowest BCUT2D eigenvalue weighted by Crippen LogP contribution is -2.20. The summed E-state index contributed by atoms with van der Waals surface area (Å²) in [7, 11) is 0. The Bertz CT molecular complexity index is 280. The van der Waals surface area contributed by atoms with Gasteiger partial charge >= 0.3 is 0 Å². The molecule has 0 radical (unpaired) electrons. The molecule has 1 atom stereocenters. The number of allylic oxidation sites excluding steroid dienone is 2. The maximum atomic E-state index is 3.40. The molecule has 2 heteroatoms. The van der Waals surface area contributed by atoms with Crippen LogP contribution in [0.3, 0.4) is 0 Å². The van der Waals surface area contributed by atoms with Gasteiger partial charge in [0, 0.05) is 16.3 Å². The lowest BCUT2D eigenvalue weighted by Gasteiger charge is -2.11. The Morgan fingerprint density at radius 1 is 1.60 bits per heavy atom. The quantitative estimate of drug-likeness (QED) is 0.583. The molecule has 50 valence electrons. The minimum Gasteiger partial charge on any atom is -0.374 e. The van der Waals surface area contributed by atoms with Gasteiger partial charge in [-0.25, -0.2) is 0 Å². The summed E-state index contributed by atoms with van der Waals surface area (Å²) in [5.74, 6) is 0. The molecule has 0 spiro atoms. The van der Waals surface area contributed by atoms with E-state index in [1.165, 1.54) is 5.57 Å². The number of fused-ring (bicyclic) bond motifs is 1. The normalized spacial score (nSPS) is 27.1. The topological polar surface area (TPSA) is 12.0 Å². The first kappa shape index (κ1) is 6.02. The van der Waals surface area contributed by atoms with Crippen molar-refractivity contribution in [3.05, 3.63) is 40.2 Å². The fourth-order valence-corrected chi connectivity index (χ4v) is 1.47. The molecule has 1 aliphatic heterocycles. The van der Waals surface area contributed by atoms with E-state index in [0.29, 0.717) is 6.04 Å². The maximum Gasteiger partial charge on any atom is 0.0774 e. The first-order valence-electron chi connectivity index (χ1n) is 3.13. The fourth-order valence-electron chi connectivity index (χ4n) is 1.07. The minimum absolute atomic E-state index is 0.362. The Kier molecular flexibility index (Phi) is 1.30. The second-order valence-corrected chi connectivity index (χ2v) is 3.19. The second-order valence-electron chi connectivity index (χ2n) is 2.28. The summed E-state index contributed by atoms with van der Waals surface area (Å²) in [6.07, 6.45) is 8.07. The van der Waals surface area contributed by atoms with Gasteiger partial charge in [-0.2, -0.15) is 0 Å². The average molecular weight is 196 g/mol. The molecule has 0 saturated carbocycles. The largest absolute Gasteiger partial charge is 0.374 e. The highest BCUT2D eigenvalue weighted by molar-refractivity contribution is 9.11. The standard InChI is InChI=1S/C8H6BrN/c9-7-1-2-8-6(5-7)3-4-10-8/h1-2,4-5,8,10H. The molecule has 10 heavy (non-hydrogen) atoms. The van der Waals surface area contributed by atoms with Crippen molar-refractivity contribution < 1.29 is 0 Å². The molecule has 1 nitrogen and oxygen atoms in total. The number of halogens is 1. The Labute approximate surface area is 67.9 Å². The molecule has 2 aliphatic rings. The van der Waals surface area contributed by atoms with Gasteiger partial charge in [-0.15, -0.1) is 0 Å². The maximum absolute atomic E-state index is 3.40. The predicted molar refractivity (Wildman–Crippen MR) is 44.7 cm³/mol. The van der Waals surface area contributed by atoms with Crippen molar-refractivity contribution in [3.8, 4) is 0 Å². The smallest absolute Gasteiger partial charge is 0.0774 e. The van der Waals surface area contributed by atoms with E-state index >= 15 is 0 Å². The number of hydrogen-bond acceptors (Lipinski definition) is 1. The van der Waals surface area contributed by atoms with Crippen LogP contribution in [0.15, 0.2) is 40.2 Å².